The van der Waals surface area contributed by atoms with E-state index in [0.29, 0.717) is 22.8 Å². The molecule has 0 saturated carbocycles. The lowest BCUT2D eigenvalue weighted by Gasteiger charge is -2.14. The second-order valence-electron chi connectivity index (χ2n) is 5.56. The zero-order chi connectivity index (χ0) is 18.7. The highest BCUT2D eigenvalue weighted by atomic mass is 127. The second kappa shape index (κ2) is 7.86. The van der Waals surface area contributed by atoms with E-state index < -0.39 is 5.97 Å². The molecule has 2 aromatic carbocycles. The van der Waals surface area contributed by atoms with Crippen LogP contribution < -0.4 is 9.47 Å². The fourth-order valence-corrected chi connectivity index (χ4v) is 3.17. The van der Waals surface area contributed by atoms with Crippen molar-refractivity contribution < 1.29 is 23.5 Å². The van der Waals surface area contributed by atoms with Crippen LogP contribution in [0.1, 0.15) is 18.1 Å². The highest BCUT2D eigenvalue weighted by Crippen LogP contribution is 2.35. The van der Waals surface area contributed by atoms with E-state index in [0.717, 1.165) is 14.7 Å². The van der Waals surface area contributed by atoms with Crippen molar-refractivity contribution in [3.05, 3.63) is 62.5 Å². The second-order valence-corrected chi connectivity index (χ2v) is 6.72. The van der Waals surface area contributed by atoms with Crippen LogP contribution in [0, 0.1) is 9.39 Å². The molecule has 1 heterocycles. The lowest BCUT2D eigenvalue weighted by molar-refractivity contribution is -0.136. The molecule has 0 fully saturated rings. The van der Waals surface area contributed by atoms with Crippen LogP contribution in [-0.2, 0) is 16.2 Å². The molecular formula is C19H15FINO4. The Balaban J connectivity index is 1.85. The molecule has 26 heavy (non-hydrogen) atoms. The Morgan fingerprint density at radius 2 is 2.00 bits per heavy atom. The molecule has 0 atom stereocenters. The number of carbonyl (C=O) groups is 1. The topological polar surface area (TPSA) is 57.1 Å². The maximum atomic E-state index is 13.0. The molecule has 5 nitrogen and oxygen atoms in total. The first-order chi connectivity index (χ1) is 12.5. The number of hydrogen-bond donors (Lipinski definition) is 0. The molecule has 134 valence electrons. The van der Waals surface area contributed by atoms with Gasteiger partial charge < -0.3 is 14.3 Å². The van der Waals surface area contributed by atoms with Crippen LogP contribution in [0.15, 0.2) is 47.1 Å². The largest absolute Gasteiger partial charge is 0.493 e. The Morgan fingerprint density at radius 3 is 2.62 bits per heavy atom. The molecule has 1 aliphatic rings. The van der Waals surface area contributed by atoms with Gasteiger partial charge in [0.25, 0.3) is 0 Å². The van der Waals surface area contributed by atoms with Gasteiger partial charge in [0.2, 0.25) is 0 Å². The molecule has 3 rings (SSSR count). The number of hydrogen-bond acceptors (Lipinski definition) is 5. The summed E-state index contributed by atoms with van der Waals surface area (Å²) in [5.41, 5.74) is 2.54. The van der Waals surface area contributed by atoms with Crippen LogP contribution in [0.2, 0.25) is 0 Å². The number of nitrogens with zero attached hydrogens (tertiary/aromatic N) is 1. The zero-order valence-electron chi connectivity index (χ0n) is 14.1. The first-order valence-corrected chi connectivity index (χ1v) is 8.78. The van der Waals surface area contributed by atoms with Crippen molar-refractivity contribution in [3.8, 4) is 11.5 Å². The fourth-order valence-electron chi connectivity index (χ4n) is 2.39. The molecule has 0 unspecified atom stereocenters. The van der Waals surface area contributed by atoms with E-state index in [9.17, 15) is 9.18 Å². The summed E-state index contributed by atoms with van der Waals surface area (Å²) < 4.78 is 25.1. The van der Waals surface area contributed by atoms with Gasteiger partial charge in [0, 0.05) is 0 Å². The molecule has 0 N–H and O–H groups in total. The van der Waals surface area contributed by atoms with Gasteiger partial charge >= 0.3 is 5.97 Å². The van der Waals surface area contributed by atoms with Gasteiger partial charge in [-0.3, -0.25) is 0 Å². The van der Waals surface area contributed by atoms with Crippen molar-refractivity contribution in [2.45, 2.75) is 13.5 Å². The number of methoxy groups -OCH3 is 1. The van der Waals surface area contributed by atoms with E-state index >= 15 is 0 Å². The van der Waals surface area contributed by atoms with Crippen LogP contribution in [0.3, 0.4) is 0 Å². The van der Waals surface area contributed by atoms with Crippen molar-refractivity contribution in [2.75, 3.05) is 7.11 Å². The van der Waals surface area contributed by atoms with Crippen molar-refractivity contribution in [1.29, 1.82) is 0 Å². The molecule has 0 bridgehead atoms. The van der Waals surface area contributed by atoms with E-state index in [1.807, 2.05) is 6.07 Å². The van der Waals surface area contributed by atoms with Gasteiger partial charge in [-0.15, -0.1) is 0 Å². The normalized spacial score (nSPS) is 15.0. The maximum absolute atomic E-state index is 13.0. The average Bonchev–Trinajstić information content (AvgIpc) is 2.94. The van der Waals surface area contributed by atoms with E-state index in [-0.39, 0.29) is 12.4 Å². The van der Waals surface area contributed by atoms with Gasteiger partial charge in [-0.1, -0.05) is 17.3 Å². The highest BCUT2D eigenvalue weighted by molar-refractivity contribution is 14.1. The summed E-state index contributed by atoms with van der Waals surface area (Å²) in [7, 11) is 1.55. The number of halogens is 2. The molecule has 2 aromatic rings. The Hall–Kier alpha value is -2.42. The monoisotopic (exact) mass is 467 g/mol. The first-order valence-electron chi connectivity index (χ1n) is 7.70. The molecule has 0 radical (unpaired) electrons. The van der Waals surface area contributed by atoms with Crippen LogP contribution in [0.5, 0.6) is 11.5 Å². The quantitative estimate of drug-likeness (QED) is 0.373. The van der Waals surface area contributed by atoms with Gasteiger partial charge in [-0.05, 0) is 71.0 Å². The van der Waals surface area contributed by atoms with Crippen LogP contribution >= 0.6 is 22.6 Å². The van der Waals surface area contributed by atoms with Crippen LogP contribution in [0.4, 0.5) is 4.39 Å². The molecule has 0 amide bonds. The Kier molecular flexibility index (Phi) is 5.55. The van der Waals surface area contributed by atoms with Crippen LogP contribution in [-0.4, -0.2) is 18.8 Å². The third-order valence-corrected chi connectivity index (χ3v) is 4.54. The molecule has 0 aliphatic carbocycles. The van der Waals surface area contributed by atoms with Crippen molar-refractivity contribution in [3.63, 3.8) is 0 Å². The van der Waals surface area contributed by atoms with E-state index in [4.69, 9.17) is 9.47 Å². The standard InChI is InChI=1S/C19H15FINO4/c1-11-15(19(23)26-22-11)7-13-8-16(21)18(17(9-13)24-2)25-10-12-3-5-14(20)6-4-12/h3-9H,10H2,1-2H3/b15-7+. The van der Waals surface area contributed by atoms with E-state index in [2.05, 4.69) is 32.6 Å². The van der Waals surface area contributed by atoms with Gasteiger partial charge in [0.1, 0.15) is 12.4 Å². The first kappa shape index (κ1) is 18.4. The van der Waals surface area contributed by atoms with Gasteiger partial charge in [0.05, 0.1) is 22.0 Å². The SMILES string of the molecule is COc1cc(/C=C2/C(=O)ON=C2C)cc(I)c1OCc1ccc(F)cc1. The van der Waals surface area contributed by atoms with Crippen molar-refractivity contribution in [2.24, 2.45) is 5.16 Å². The maximum Gasteiger partial charge on any atom is 0.367 e. The lowest BCUT2D eigenvalue weighted by atomic mass is 10.1. The van der Waals surface area contributed by atoms with Crippen molar-refractivity contribution >= 4 is 40.3 Å². The highest BCUT2D eigenvalue weighted by Gasteiger charge is 2.22. The van der Waals surface area contributed by atoms with Gasteiger partial charge in [-0.2, -0.15) is 0 Å². The summed E-state index contributed by atoms with van der Waals surface area (Å²) in [6, 6.07) is 9.76. The Bertz CT molecular complexity index is 907. The Labute approximate surface area is 163 Å². The fraction of sp³-hybridized carbons (Fsp3) is 0.158. The Morgan fingerprint density at radius 1 is 1.27 bits per heavy atom. The summed E-state index contributed by atoms with van der Waals surface area (Å²) in [6.07, 6.45) is 1.70. The number of oxime groups is 1. The molecule has 7 heteroatoms. The lowest BCUT2D eigenvalue weighted by Crippen LogP contribution is -2.03. The van der Waals surface area contributed by atoms with E-state index in [1.165, 1.54) is 12.1 Å². The average molecular weight is 467 g/mol. The predicted molar refractivity (Wildman–Crippen MR) is 104 cm³/mol. The molecule has 1 aliphatic heterocycles. The van der Waals surface area contributed by atoms with E-state index in [1.54, 1.807) is 38.3 Å². The number of benzene rings is 2. The minimum atomic E-state index is -0.479. The summed E-state index contributed by atoms with van der Waals surface area (Å²) in [5, 5.41) is 3.66. The van der Waals surface area contributed by atoms with Gasteiger partial charge in [0.15, 0.2) is 11.5 Å². The zero-order valence-corrected chi connectivity index (χ0v) is 16.2. The third-order valence-electron chi connectivity index (χ3n) is 3.73. The minimum absolute atomic E-state index is 0.283. The number of ether oxygens (including phenoxy) is 2. The molecular weight excluding hydrogens is 452 g/mol. The van der Waals surface area contributed by atoms with Crippen LogP contribution in [0.25, 0.3) is 6.08 Å². The van der Waals surface area contributed by atoms with Crippen molar-refractivity contribution in [1.82, 2.24) is 0 Å². The van der Waals surface area contributed by atoms with Gasteiger partial charge in [-0.25, -0.2) is 9.18 Å². The molecule has 0 saturated heterocycles. The number of rotatable bonds is 5. The third kappa shape index (κ3) is 4.04. The predicted octanol–water partition coefficient (Wildman–Crippen LogP) is 4.33. The summed E-state index contributed by atoms with van der Waals surface area (Å²) >= 11 is 2.14. The molecule has 0 aromatic heterocycles. The summed E-state index contributed by atoms with van der Waals surface area (Å²) in [6.45, 7) is 1.99. The number of carbonyl (C=O) groups excluding carboxylic acids is 1. The minimum Gasteiger partial charge on any atom is -0.493 e. The summed E-state index contributed by atoms with van der Waals surface area (Å²) in [5.74, 6) is 0.349. The summed E-state index contributed by atoms with van der Waals surface area (Å²) in [4.78, 5) is 16.3. The molecule has 0 spiro atoms. The smallest absolute Gasteiger partial charge is 0.367 e.